The SMILES string of the molecule is Cc1sc(C(=O)O)cc1-c1cn[nH]c1. The minimum atomic E-state index is -0.882. The molecule has 72 valence electrons. The summed E-state index contributed by atoms with van der Waals surface area (Å²) in [5.41, 5.74) is 1.85. The van der Waals surface area contributed by atoms with Gasteiger partial charge in [0.1, 0.15) is 4.88 Å². The standard InChI is InChI=1S/C9H8N2O2S/c1-5-7(6-3-10-11-4-6)2-8(14-5)9(12)13/h2-4H,1H3,(H,10,11)(H,12,13). The summed E-state index contributed by atoms with van der Waals surface area (Å²) in [6, 6.07) is 1.67. The molecule has 0 fully saturated rings. The molecular weight excluding hydrogens is 200 g/mol. The van der Waals surface area contributed by atoms with E-state index in [1.807, 2.05) is 6.92 Å². The molecule has 2 aromatic heterocycles. The molecule has 0 bridgehead atoms. The summed E-state index contributed by atoms with van der Waals surface area (Å²) in [6.45, 7) is 1.90. The first kappa shape index (κ1) is 8.96. The number of nitrogens with one attached hydrogen (secondary N) is 1. The Labute approximate surface area is 84.2 Å². The van der Waals surface area contributed by atoms with Gasteiger partial charge in [0, 0.05) is 16.6 Å². The molecular formula is C9H8N2O2S. The predicted octanol–water partition coefficient (Wildman–Crippen LogP) is 2.14. The summed E-state index contributed by atoms with van der Waals surface area (Å²) in [5, 5.41) is 15.3. The highest BCUT2D eigenvalue weighted by Gasteiger charge is 2.12. The smallest absolute Gasteiger partial charge is 0.345 e. The molecule has 0 spiro atoms. The quantitative estimate of drug-likeness (QED) is 0.794. The first-order valence-electron chi connectivity index (χ1n) is 4.01. The van der Waals surface area contributed by atoms with Crippen molar-refractivity contribution in [2.45, 2.75) is 6.92 Å². The monoisotopic (exact) mass is 208 g/mol. The molecule has 0 radical (unpaired) electrons. The predicted molar refractivity (Wildman–Crippen MR) is 53.6 cm³/mol. The maximum atomic E-state index is 10.7. The Hall–Kier alpha value is -1.62. The average molecular weight is 208 g/mol. The van der Waals surface area contributed by atoms with Gasteiger partial charge in [-0.2, -0.15) is 5.10 Å². The number of carboxylic acid groups (broad SMARTS) is 1. The van der Waals surface area contributed by atoms with E-state index in [1.165, 1.54) is 11.3 Å². The van der Waals surface area contributed by atoms with Crippen LogP contribution in [0.15, 0.2) is 18.5 Å². The van der Waals surface area contributed by atoms with E-state index in [-0.39, 0.29) is 0 Å². The number of aryl methyl sites for hydroxylation is 1. The highest BCUT2D eigenvalue weighted by molar-refractivity contribution is 7.14. The van der Waals surface area contributed by atoms with Gasteiger partial charge in [0.2, 0.25) is 0 Å². The molecule has 2 heterocycles. The molecule has 0 unspecified atom stereocenters. The van der Waals surface area contributed by atoms with Crippen molar-refractivity contribution in [3.8, 4) is 11.1 Å². The van der Waals surface area contributed by atoms with Crippen LogP contribution in [0.4, 0.5) is 0 Å². The summed E-state index contributed by atoms with van der Waals surface area (Å²) in [4.78, 5) is 12.1. The molecule has 4 nitrogen and oxygen atoms in total. The zero-order valence-corrected chi connectivity index (χ0v) is 8.26. The molecule has 0 atom stereocenters. The number of aromatic amines is 1. The van der Waals surface area contributed by atoms with Crippen LogP contribution in [0, 0.1) is 6.92 Å². The largest absolute Gasteiger partial charge is 0.477 e. The third-order valence-corrected chi connectivity index (χ3v) is 2.98. The zero-order chi connectivity index (χ0) is 10.1. The van der Waals surface area contributed by atoms with Gasteiger partial charge < -0.3 is 5.11 Å². The van der Waals surface area contributed by atoms with Gasteiger partial charge in [-0.05, 0) is 18.6 Å². The molecule has 0 aromatic carbocycles. The van der Waals surface area contributed by atoms with Gasteiger partial charge in [-0.25, -0.2) is 4.79 Å². The van der Waals surface area contributed by atoms with Gasteiger partial charge in [-0.3, -0.25) is 5.10 Å². The lowest BCUT2D eigenvalue weighted by Gasteiger charge is -1.91. The van der Waals surface area contributed by atoms with Crippen LogP contribution >= 0.6 is 11.3 Å². The number of hydrogen-bond acceptors (Lipinski definition) is 3. The van der Waals surface area contributed by atoms with E-state index >= 15 is 0 Å². The fourth-order valence-electron chi connectivity index (χ4n) is 1.27. The number of aromatic nitrogens is 2. The molecule has 2 N–H and O–H groups in total. The van der Waals surface area contributed by atoms with Gasteiger partial charge in [-0.15, -0.1) is 11.3 Å². The zero-order valence-electron chi connectivity index (χ0n) is 7.44. The number of carbonyl (C=O) groups is 1. The van der Waals surface area contributed by atoms with Crippen molar-refractivity contribution in [2.24, 2.45) is 0 Å². The van der Waals surface area contributed by atoms with Crippen LogP contribution in [0.3, 0.4) is 0 Å². The van der Waals surface area contributed by atoms with Gasteiger partial charge in [-0.1, -0.05) is 0 Å². The average Bonchev–Trinajstić information content (AvgIpc) is 2.71. The Kier molecular flexibility index (Phi) is 2.09. The summed E-state index contributed by atoms with van der Waals surface area (Å²) in [5.74, 6) is -0.882. The first-order chi connectivity index (χ1) is 6.68. The number of thiophene rings is 1. The number of H-pyrrole nitrogens is 1. The van der Waals surface area contributed by atoms with Crippen molar-refractivity contribution < 1.29 is 9.90 Å². The van der Waals surface area contributed by atoms with E-state index in [4.69, 9.17) is 5.11 Å². The highest BCUT2D eigenvalue weighted by atomic mass is 32.1. The fourth-order valence-corrected chi connectivity index (χ4v) is 2.15. The third kappa shape index (κ3) is 1.42. The van der Waals surface area contributed by atoms with Crippen LogP contribution in [-0.4, -0.2) is 21.3 Å². The number of rotatable bonds is 2. The summed E-state index contributed by atoms with van der Waals surface area (Å²) in [7, 11) is 0. The van der Waals surface area contributed by atoms with E-state index in [2.05, 4.69) is 10.2 Å². The lowest BCUT2D eigenvalue weighted by atomic mass is 10.1. The van der Waals surface area contributed by atoms with E-state index in [0.29, 0.717) is 4.88 Å². The Morgan fingerprint density at radius 3 is 2.93 bits per heavy atom. The molecule has 0 saturated heterocycles. The summed E-state index contributed by atoms with van der Waals surface area (Å²) < 4.78 is 0. The van der Waals surface area contributed by atoms with Crippen molar-refractivity contribution in [3.05, 3.63) is 28.2 Å². The molecule has 0 amide bonds. The van der Waals surface area contributed by atoms with E-state index in [9.17, 15) is 4.79 Å². The van der Waals surface area contributed by atoms with Crippen molar-refractivity contribution in [3.63, 3.8) is 0 Å². The Morgan fingerprint density at radius 2 is 2.43 bits per heavy atom. The number of hydrogen-bond donors (Lipinski definition) is 2. The molecule has 2 aromatic rings. The second-order valence-electron chi connectivity index (χ2n) is 2.87. The summed E-state index contributed by atoms with van der Waals surface area (Å²) in [6.07, 6.45) is 3.43. The number of nitrogens with zero attached hydrogens (tertiary/aromatic N) is 1. The topological polar surface area (TPSA) is 66.0 Å². The lowest BCUT2D eigenvalue weighted by Crippen LogP contribution is -1.89. The third-order valence-electron chi connectivity index (χ3n) is 1.94. The number of aromatic carboxylic acids is 1. The minimum absolute atomic E-state index is 0.360. The van der Waals surface area contributed by atoms with Crippen LogP contribution in [0.1, 0.15) is 14.5 Å². The van der Waals surface area contributed by atoms with Crippen molar-refractivity contribution in [1.82, 2.24) is 10.2 Å². The van der Waals surface area contributed by atoms with Crippen LogP contribution in [0.25, 0.3) is 11.1 Å². The number of carboxylic acids is 1. The maximum absolute atomic E-state index is 10.7. The Balaban J connectivity index is 2.50. The normalized spacial score (nSPS) is 10.4. The molecule has 2 rings (SSSR count). The minimum Gasteiger partial charge on any atom is -0.477 e. The fraction of sp³-hybridized carbons (Fsp3) is 0.111. The lowest BCUT2D eigenvalue weighted by molar-refractivity contribution is 0.0702. The van der Waals surface area contributed by atoms with E-state index in [1.54, 1.807) is 18.5 Å². The molecule has 5 heteroatoms. The molecule has 14 heavy (non-hydrogen) atoms. The van der Waals surface area contributed by atoms with Gasteiger partial charge in [0.15, 0.2) is 0 Å². The molecule has 0 aliphatic heterocycles. The maximum Gasteiger partial charge on any atom is 0.345 e. The van der Waals surface area contributed by atoms with Crippen molar-refractivity contribution in [2.75, 3.05) is 0 Å². The van der Waals surface area contributed by atoms with Gasteiger partial charge in [0.25, 0.3) is 0 Å². The summed E-state index contributed by atoms with van der Waals surface area (Å²) >= 11 is 1.28. The van der Waals surface area contributed by atoms with E-state index in [0.717, 1.165) is 16.0 Å². The van der Waals surface area contributed by atoms with Crippen LogP contribution < -0.4 is 0 Å². The second-order valence-corrected chi connectivity index (χ2v) is 4.13. The second kappa shape index (κ2) is 3.26. The molecule has 0 aliphatic carbocycles. The van der Waals surface area contributed by atoms with Crippen molar-refractivity contribution in [1.29, 1.82) is 0 Å². The van der Waals surface area contributed by atoms with Gasteiger partial charge in [0.05, 0.1) is 6.20 Å². The van der Waals surface area contributed by atoms with E-state index < -0.39 is 5.97 Å². The molecule has 0 saturated carbocycles. The first-order valence-corrected chi connectivity index (χ1v) is 4.83. The Bertz CT molecular complexity index is 459. The van der Waals surface area contributed by atoms with Gasteiger partial charge >= 0.3 is 5.97 Å². The van der Waals surface area contributed by atoms with Crippen LogP contribution in [0.2, 0.25) is 0 Å². The molecule has 0 aliphatic rings. The highest BCUT2D eigenvalue weighted by Crippen LogP contribution is 2.30. The van der Waals surface area contributed by atoms with Crippen LogP contribution in [0.5, 0.6) is 0 Å². The Morgan fingerprint density at radius 1 is 1.64 bits per heavy atom. The van der Waals surface area contributed by atoms with Crippen LogP contribution in [-0.2, 0) is 0 Å². The van der Waals surface area contributed by atoms with Crippen molar-refractivity contribution >= 4 is 17.3 Å².